The molecular formula is C25H40O4. The Morgan fingerprint density at radius 1 is 1.14 bits per heavy atom. The normalized spacial score (nSPS) is 35.9. The van der Waals surface area contributed by atoms with E-state index in [1.54, 1.807) is 0 Å². The zero-order valence-corrected chi connectivity index (χ0v) is 18.4. The maximum Gasteiger partial charge on any atom is 0.168 e. The van der Waals surface area contributed by atoms with Gasteiger partial charge in [-0.3, -0.25) is 4.79 Å². The Labute approximate surface area is 176 Å². The highest BCUT2D eigenvalue weighted by Gasteiger charge is 2.67. The Balaban J connectivity index is 1.78. The molecule has 0 radical (unpaired) electrons. The number of carbonyl (C=O) groups is 1. The molecule has 0 saturated heterocycles. The molecule has 0 spiro atoms. The summed E-state index contributed by atoms with van der Waals surface area (Å²) < 4.78 is 6.24. The fourth-order valence-electron chi connectivity index (χ4n) is 5.79. The molecule has 0 aromatic carbocycles. The Morgan fingerprint density at radius 2 is 1.86 bits per heavy atom. The van der Waals surface area contributed by atoms with Crippen molar-refractivity contribution in [1.82, 2.24) is 0 Å². The zero-order chi connectivity index (χ0) is 20.9. The zero-order valence-electron chi connectivity index (χ0n) is 18.4. The lowest BCUT2D eigenvalue weighted by molar-refractivity contribution is -0.216. The lowest BCUT2D eigenvalue weighted by Gasteiger charge is -2.58. The number of carbonyl (C=O) groups excluding carboxylic acids is 1. The van der Waals surface area contributed by atoms with Gasteiger partial charge in [0, 0.05) is 18.4 Å². The van der Waals surface area contributed by atoms with Crippen LogP contribution >= 0.6 is 0 Å². The second-order valence-electron chi connectivity index (χ2n) is 9.49. The molecule has 6 atom stereocenters. The second kappa shape index (κ2) is 10.4. The largest absolute Gasteiger partial charge is 0.392 e. The third-order valence-corrected chi connectivity index (χ3v) is 7.56. The van der Waals surface area contributed by atoms with Crippen molar-refractivity contribution in [1.29, 1.82) is 0 Å². The van der Waals surface area contributed by atoms with E-state index in [9.17, 15) is 15.0 Å². The highest BCUT2D eigenvalue weighted by molar-refractivity contribution is 5.97. The summed E-state index contributed by atoms with van der Waals surface area (Å²) in [5.41, 5.74) is -0.748. The third-order valence-electron chi connectivity index (χ3n) is 7.56. The van der Waals surface area contributed by atoms with Crippen molar-refractivity contribution >= 4 is 5.78 Å². The number of Topliss-reactive ketones (excluding diaryl/α,β-unsaturated/α-hetero) is 1. The van der Waals surface area contributed by atoms with Crippen LogP contribution in [-0.2, 0) is 9.53 Å². The van der Waals surface area contributed by atoms with E-state index in [4.69, 9.17) is 4.74 Å². The predicted octanol–water partition coefficient (Wildman–Crippen LogP) is 4.26. The number of aliphatic hydroxyl groups is 2. The summed E-state index contributed by atoms with van der Waals surface area (Å²) in [4.78, 5) is 13.2. The van der Waals surface area contributed by atoms with Crippen LogP contribution in [0.25, 0.3) is 0 Å². The van der Waals surface area contributed by atoms with Gasteiger partial charge in [0.2, 0.25) is 0 Å². The molecule has 0 aliphatic heterocycles. The molecule has 29 heavy (non-hydrogen) atoms. The maximum absolute atomic E-state index is 13.2. The summed E-state index contributed by atoms with van der Waals surface area (Å²) >= 11 is 0. The Bertz CT molecular complexity index is 600. The van der Waals surface area contributed by atoms with Crippen molar-refractivity contribution in [2.24, 2.45) is 23.7 Å². The quantitative estimate of drug-likeness (QED) is 0.468. The Kier molecular flexibility index (Phi) is 8.19. The molecule has 2 N–H and O–H groups in total. The number of unbranched alkanes of at least 4 members (excludes halogenated alkanes) is 2. The van der Waals surface area contributed by atoms with Crippen molar-refractivity contribution < 1.29 is 19.7 Å². The van der Waals surface area contributed by atoms with Gasteiger partial charge in [0.25, 0.3) is 0 Å². The fraction of sp³-hybridized carbons (Fsp3) is 0.880. The first-order chi connectivity index (χ1) is 14.0. The van der Waals surface area contributed by atoms with E-state index in [0.717, 1.165) is 44.9 Å². The van der Waals surface area contributed by atoms with Gasteiger partial charge < -0.3 is 14.9 Å². The highest BCUT2D eigenvalue weighted by Crippen LogP contribution is 2.56. The molecule has 164 valence electrons. The first kappa shape index (κ1) is 22.8. The summed E-state index contributed by atoms with van der Waals surface area (Å²) in [6.45, 7) is 4.86. The third kappa shape index (κ3) is 4.73. The van der Waals surface area contributed by atoms with Gasteiger partial charge in [-0.1, -0.05) is 64.2 Å². The molecule has 4 heteroatoms. The first-order valence-corrected chi connectivity index (χ1v) is 12.1. The molecule has 3 aliphatic carbocycles. The standard InChI is InChI=1S/C25H40O4/c1-3-5-12-20-23-19(13-14-21(26)18-10-8-7-9-11-18)22(27)15-16-25(23,24(20)28)29-17-6-4-2/h18-23,26-27H,3-12,15-17H2,1-2H3/t19-,20?,21-,22+,23-,25+/m1/s1. The van der Waals surface area contributed by atoms with Crippen LogP contribution in [0.1, 0.15) is 90.9 Å². The van der Waals surface area contributed by atoms with Crippen molar-refractivity contribution in [3.05, 3.63) is 0 Å². The van der Waals surface area contributed by atoms with Gasteiger partial charge in [0.1, 0.15) is 11.7 Å². The lowest BCUT2D eigenvalue weighted by atomic mass is 9.49. The van der Waals surface area contributed by atoms with Crippen molar-refractivity contribution in [2.75, 3.05) is 6.61 Å². The van der Waals surface area contributed by atoms with Crippen LogP contribution in [0.5, 0.6) is 0 Å². The van der Waals surface area contributed by atoms with E-state index in [0.29, 0.717) is 19.4 Å². The number of ketones is 1. The molecule has 3 fully saturated rings. The van der Waals surface area contributed by atoms with E-state index in [2.05, 4.69) is 25.7 Å². The highest BCUT2D eigenvalue weighted by atomic mass is 16.5. The van der Waals surface area contributed by atoms with Crippen LogP contribution in [-0.4, -0.2) is 40.4 Å². The van der Waals surface area contributed by atoms with Gasteiger partial charge >= 0.3 is 0 Å². The average Bonchev–Trinajstić information content (AvgIpc) is 2.75. The summed E-state index contributed by atoms with van der Waals surface area (Å²) in [7, 11) is 0. The van der Waals surface area contributed by atoms with Crippen LogP contribution in [0.2, 0.25) is 0 Å². The van der Waals surface area contributed by atoms with Gasteiger partial charge in [-0.2, -0.15) is 0 Å². The molecule has 0 aromatic heterocycles. The molecule has 0 aromatic rings. The van der Waals surface area contributed by atoms with E-state index >= 15 is 0 Å². The van der Waals surface area contributed by atoms with E-state index in [1.807, 2.05) is 0 Å². The van der Waals surface area contributed by atoms with Crippen LogP contribution in [0, 0.1) is 35.5 Å². The number of hydrogen-bond acceptors (Lipinski definition) is 4. The predicted molar refractivity (Wildman–Crippen MR) is 114 cm³/mol. The van der Waals surface area contributed by atoms with Crippen LogP contribution in [0.15, 0.2) is 0 Å². The topological polar surface area (TPSA) is 66.8 Å². The molecule has 0 heterocycles. The molecule has 3 aliphatic rings. The summed E-state index contributed by atoms with van der Waals surface area (Å²) in [6, 6.07) is 0. The number of hydrogen-bond donors (Lipinski definition) is 2. The van der Waals surface area contributed by atoms with Gasteiger partial charge in [0.15, 0.2) is 5.78 Å². The molecule has 0 bridgehead atoms. The number of fused-ring (bicyclic) bond motifs is 1. The molecule has 0 amide bonds. The average molecular weight is 405 g/mol. The van der Waals surface area contributed by atoms with Crippen LogP contribution in [0.3, 0.4) is 0 Å². The molecule has 1 unspecified atom stereocenters. The summed E-state index contributed by atoms with van der Waals surface area (Å²) in [5, 5.41) is 21.4. The Morgan fingerprint density at radius 3 is 2.55 bits per heavy atom. The monoisotopic (exact) mass is 404 g/mol. The SMILES string of the molecule is CCCCO[C@@]12CC[C@H](O)[C@@H](C#C[C@@H](O)C3CCCCC3)[C@@H]1C(CCCC)C2=O. The minimum absolute atomic E-state index is 0.0341. The summed E-state index contributed by atoms with van der Waals surface area (Å²) in [6.07, 6.45) is 10.6. The molecular weight excluding hydrogens is 364 g/mol. The van der Waals surface area contributed by atoms with Crippen LogP contribution in [0.4, 0.5) is 0 Å². The van der Waals surface area contributed by atoms with Crippen molar-refractivity contribution in [3.8, 4) is 11.8 Å². The molecule has 3 rings (SSSR count). The van der Waals surface area contributed by atoms with E-state index in [1.165, 1.54) is 19.3 Å². The number of ether oxygens (including phenoxy) is 1. The van der Waals surface area contributed by atoms with Crippen molar-refractivity contribution in [3.63, 3.8) is 0 Å². The van der Waals surface area contributed by atoms with Gasteiger partial charge in [0.05, 0.1) is 12.0 Å². The second-order valence-corrected chi connectivity index (χ2v) is 9.49. The molecule has 4 nitrogen and oxygen atoms in total. The summed E-state index contributed by atoms with van der Waals surface area (Å²) in [5.74, 6) is 6.47. The van der Waals surface area contributed by atoms with Crippen LogP contribution < -0.4 is 0 Å². The lowest BCUT2D eigenvalue weighted by Crippen LogP contribution is -2.70. The van der Waals surface area contributed by atoms with E-state index < -0.39 is 17.8 Å². The first-order valence-electron chi connectivity index (χ1n) is 12.1. The Hall–Kier alpha value is -0.890. The smallest absolute Gasteiger partial charge is 0.168 e. The number of rotatable bonds is 8. The van der Waals surface area contributed by atoms with E-state index in [-0.39, 0.29) is 29.5 Å². The minimum atomic E-state index is -0.748. The minimum Gasteiger partial charge on any atom is -0.392 e. The molecule has 3 saturated carbocycles. The number of aliphatic hydroxyl groups excluding tert-OH is 2. The van der Waals surface area contributed by atoms with Gasteiger partial charge in [-0.25, -0.2) is 0 Å². The maximum atomic E-state index is 13.2. The van der Waals surface area contributed by atoms with Crippen molar-refractivity contribution in [2.45, 2.75) is 109 Å². The fourth-order valence-corrected chi connectivity index (χ4v) is 5.79. The van der Waals surface area contributed by atoms with Gasteiger partial charge in [-0.05, 0) is 44.4 Å². The van der Waals surface area contributed by atoms with Gasteiger partial charge in [-0.15, -0.1) is 0 Å².